The Hall–Kier alpha value is -2.59. The average molecular weight is 391 g/mol. The van der Waals surface area contributed by atoms with Gasteiger partial charge in [-0.2, -0.15) is 0 Å². The van der Waals surface area contributed by atoms with E-state index in [0.717, 1.165) is 30.7 Å². The number of nitrogens with one attached hydrogen (secondary N) is 1. The van der Waals surface area contributed by atoms with Crippen molar-refractivity contribution in [1.82, 2.24) is 10.2 Å². The number of carbonyl (C=O) groups excluding carboxylic acids is 1. The highest BCUT2D eigenvalue weighted by Gasteiger charge is 2.38. The van der Waals surface area contributed by atoms with E-state index in [1.165, 1.54) is 24.8 Å². The van der Waals surface area contributed by atoms with Gasteiger partial charge in [0.25, 0.3) is 0 Å². The van der Waals surface area contributed by atoms with Gasteiger partial charge >= 0.3 is 0 Å². The van der Waals surface area contributed by atoms with E-state index >= 15 is 0 Å². The van der Waals surface area contributed by atoms with E-state index in [-0.39, 0.29) is 11.9 Å². The molecule has 2 fully saturated rings. The topological polar surface area (TPSA) is 41.6 Å². The van der Waals surface area contributed by atoms with Crippen LogP contribution < -0.4 is 10.1 Å². The van der Waals surface area contributed by atoms with Crippen molar-refractivity contribution in [1.29, 1.82) is 0 Å². The lowest BCUT2D eigenvalue weighted by atomic mass is 9.81. The number of amides is 1. The number of piperidine rings is 2. The first-order valence-corrected chi connectivity index (χ1v) is 10.6. The lowest BCUT2D eigenvalue weighted by Crippen LogP contribution is -2.56. The first-order chi connectivity index (χ1) is 14.2. The van der Waals surface area contributed by atoms with Gasteiger partial charge in [-0.15, -0.1) is 0 Å². The van der Waals surface area contributed by atoms with Crippen LogP contribution in [0.4, 0.5) is 0 Å². The highest BCUT2D eigenvalue weighted by atomic mass is 16.5. The zero-order chi connectivity index (χ0) is 20.1. The van der Waals surface area contributed by atoms with Gasteiger partial charge in [0.05, 0.1) is 7.11 Å². The molecule has 4 heteroatoms. The molecule has 2 heterocycles. The van der Waals surface area contributed by atoms with Gasteiger partial charge in [0.2, 0.25) is 5.91 Å². The molecule has 2 aliphatic heterocycles. The number of benzene rings is 2. The number of hydrogen-bond donors (Lipinski definition) is 1. The Bertz CT molecular complexity index is 835. The smallest absolute Gasteiger partial charge is 0.244 e. The Morgan fingerprint density at radius 3 is 2.48 bits per heavy atom. The Morgan fingerprint density at radius 2 is 1.76 bits per heavy atom. The summed E-state index contributed by atoms with van der Waals surface area (Å²) in [4.78, 5) is 15.1. The molecule has 0 saturated carbocycles. The third-order valence-corrected chi connectivity index (χ3v) is 6.24. The molecule has 2 saturated heterocycles. The Balaban J connectivity index is 1.38. The maximum Gasteiger partial charge on any atom is 0.244 e. The fraction of sp³-hybridized carbons (Fsp3) is 0.400. The summed E-state index contributed by atoms with van der Waals surface area (Å²) in [7, 11) is 1.74. The highest BCUT2D eigenvalue weighted by molar-refractivity contribution is 5.91. The number of methoxy groups -OCH3 is 1. The third kappa shape index (κ3) is 4.88. The molecule has 0 radical (unpaired) electrons. The molecule has 0 aromatic heterocycles. The third-order valence-electron chi connectivity index (χ3n) is 6.24. The summed E-state index contributed by atoms with van der Waals surface area (Å²) in [5.41, 5.74) is 2.30. The number of rotatable bonds is 6. The van der Waals surface area contributed by atoms with Gasteiger partial charge in [0.1, 0.15) is 5.75 Å². The van der Waals surface area contributed by atoms with Gasteiger partial charge in [-0.3, -0.25) is 9.69 Å². The lowest BCUT2D eigenvalue weighted by molar-refractivity contribution is -0.118. The first-order valence-electron chi connectivity index (χ1n) is 10.6. The van der Waals surface area contributed by atoms with Gasteiger partial charge in [-0.1, -0.05) is 55.0 Å². The molecule has 0 aliphatic carbocycles. The minimum absolute atomic E-state index is 0.00936. The molecular weight excluding hydrogens is 360 g/mol. The molecule has 1 unspecified atom stereocenters. The number of nitrogens with zero attached hydrogens (tertiary/aromatic N) is 1. The van der Waals surface area contributed by atoms with Crippen molar-refractivity contribution < 1.29 is 9.53 Å². The van der Waals surface area contributed by atoms with Crippen molar-refractivity contribution >= 4 is 12.0 Å². The molecule has 2 bridgehead atoms. The van der Waals surface area contributed by atoms with E-state index in [0.29, 0.717) is 12.1 Å². The molecule has 1 amide bonds. The molecule has 2 aromatic carbocycles. The summed E-state index contributed by atoms with van der Waals surface area (Å²) in [6.07, 6.45) is 9.29. The summed E-state index contributed by atoms with van der Waals surface area (Å²) in [6, 6.07) is 19.6. The summed E-state index contributed by atoms with van der Waals surface area (Å²) < 4.78 is 5.55. The summed E-state index contributed by atoms with van der Waals surface area (Å²) in [6.45, 7) is 0.925. The van der Waals surface area contributed by atoms with E-state index in [2.05, 4.69) is 22.3 Å². The fourth-order valence-corrected chi connectivity index (χ4v) is 4.87. The lowest BCUT2D eigenvalue weighted by Gasteiger charge is -2.49. The molecule has 3 atom stereocenters. The zero-order valence-corrected chi connectivity index (χ0v) is 17.1. The minimum atomic E-state index is 0.00936. The van der Waals surface area contributed by atoms with Gasteiger partial charge in [0.15, 0.2) is 0 Å². The number of fused-ring (bicyclic) bond motifs is 2. The van der Waals surface area contributed by atoms with Gasteiger partial charge in [0, 0.05) is 36.3 Å². The second-order valence-electron chi connectivity index (χ2n) is 8.14. The van der Waals surface area contributed by atoms with E-state index < -0.39 is 0 Å². The van der Waals surface area contributed by atoms with Gasteiger partial charge in [-0.25, -0.2) is 0 Å². The molecule has 4 nitrogen and oxygen atoms in total. The van der Waals surface area contributed by atoms with Gasteiger partial charge in [-0.05, 0) is 43.4 Å². The van der Waals surface area contributed by atoms with E-state index in [1.54, 1.807) is 13.2 Å². The number of hydrogen-bond acceptors (Lipinski definition) is 3. The van der Waals surface area contributed by atoms with Crippen LogP contribution in [0.15, 0.2) is 60.7 Å². The molecule has 1 N–H and O–H groups in total. The van der Waals surface area contributed by atoms with E-state index in [4.69, 9.17) is 4.74 Å². The molecule has 152 valence electrons. The van der Waals surface area contributed by atoms with Crippen LogP contribution in [0.5, 0.6) is 5.75 Å². The second-order valence-corrected chi connectivity index (χ2v) is 8.14. The van der Waals surface area contributed by atoms with Crippen molar-refractivity contribution in [2.45, 2.75) is 56.8 Å². The van der Waals surface area contributed by atoms with Crippen molar-refractivity contribution in [3.8, 4) is 5.75 Å². The number of ether oxygens (including phenoxy) is 1. The first kappa shape index (κ1) is 19.7. The van der Waals surface area contributed by atoms with Crippen LogP contribution in [0.25, 0.3) is 6.08 Å². The maximum atomic E-state index is 12.4. The van der Waals surface area contributed by atoms with Crippen LogP contribution >= 0.6 is 0 Å². The molecule has 4 rings (SSSR count). The highest BCUT2D eigenvalue weighted by Crippen LogP contribution is 2.36. The van der Waals surface area contributed by atoms with Crippen molar-refractivity contribution in [2.75, 3.05) is 7.11 Å². The monoisotopic (exact) mass is 390 g/mol. The Morgan fingerprint density at radius 1 is 1.07 bits per heavy atom. The predicted molar refractivity (Wildman–Crippen MR) is 117 cm³/mol. The average Bonchev–Trinajstić information content (AvgIpc) is 2.74. The summed E-state index contributed by atoms with van der Waals surface area (Å²) in [5, 5.41) is 3.25. The van der Waals surface area contributed by atoms with Crippen LogP contribution in [0.1, 0.15) is 43.2 Å². The standard InChI is InChI=1S/C25H30N2O2/c1-29-24-13-6-5-10-20(24)18-27-22-11-7-12-23(27)17-21(16-22)26-25(28)15-14-19-8-3-2-4-9-19/h2-6,8-10,13-15,21-23H,7,11-12,16-18H2,1H3,(H,26,28)/b15-14+/t21?,22-,23+. The summed E-state index contributed by atoms with van der Waals surface area (Å²) >= 11 is 0. The molecular formula is C25H30N2O2. The number of para-hydroxylation sites is 1. The Kier molecular flexibility index (Phi) is 6.30. The van der Waals surface area contributed by atoms with Gasteiger partial charge < -0.3 is 10.1 Å². The van der Waals surface area contributed by atoms with Crippen molar-refractivity contribution in [3.05, 3.63) is 71.8 Å². The largest absolute Gasteiger partial charge is 0.496 e. The zero-order valence-electron chi connectivity index (χ0n) is 17.1. The van der Waals surface area contributed by atoms with Crippen molar-refractivity contribution in [2.24, 2.45) is 0 Å². The predicted octanol–water partition coefficient (Wildman–Crippen LogP) is 4.41. The van der Waals surface area contributed by atoms with Crippen LogP contribution in [-0.4, -0.2) is 36.0 Å². The Labute approximate surface area is 173 Å². The summed E-state index contributed by atoms with van der Waals surface area (Å²) in [5.74, 6) is 0.974. The minimum Gasteiger partial charge on any atom is -0.496 e. The van der Waals surface area contributed by atoms with Crippen molar-refractivity contribution in [3.63, 3.8) is 0 Å². The van der Waals surface area contributed by atoms with Crippen LogP contribution in [-0.2, 0) is 11.3 Å². The molecule has 29 heavy (non-hydrogen) atoms. The van der Waals surface area contributed by atoms with E-state index in [9.17, 15) is 4.79 Å². The number of carbonyl (C=O) groups is 1. The molecule has 2 aliphatic rings. The molecule has 0 spiro atoms. The SMILES string of the molecule is COc1ccccc1CN1[C@@H]2CCC[C@H]1CC(NC(=O)/C=C/c1ccccc1)C2. The van der Waals surface area contributed by atoms with E-state index in [1.807, 2.05) is 48.5 Å². The normalized spacial score (nSPS) is 24.4. The van der Waals surface area contributed by atoms with Crippen LogP contribution in [0.2, 0.25) is 0 Å². The second kappa shape index (κ2) is 9.27. The quantitative estimate of drug-likeness (QED) is 0.743. The maximum absolute atomic E-state index is 12.4. The fourth-order valence-electron chi connectivity index (χ4n) is 4.87. The molecule has 2 aromatic rings. The van der Waals surface area contributed by atoms with Crippen LogP contribution in [0.3, 0.4) is 0 Å². The van der Waals surface area contributed by atoms with Crippen LogP contribution in [0, 0.1) is 0 Å².